The van der Waals surface area contributed by atoms with Gasteiger partial charge in [-0.05, 0) is 55.8 Å². The molecule has 0 saturated heterocycles. The summed E-state index contributed by atoms with van der Waals surface area (Å²) in [6, 6.07) is 14.5. The minimum atomic E-state index is -0.578. The van der Waals surface area contributed by atoms with Crippen molar-refractivity contribution >= 4 is 29.0 Å². The van der Waals surface area contributed by atoms with Crippen LogP contribution in [-0.2, 0) is 11.3 Å². The molecule has 4 aromatic rings. The number of nitrogens with one attached hydrogen (secondary N) is 1. The largest absolute Gasteiger partial charge is 0.508 e. The van der Waals surface area contributed by atoms with Crippen molar-refractivity contribution in [3.8, 4) is 17.1 Å². The molecule has 174 valence electrons. The minimum Gasteiger partial charge on any atom is -0.508 e. The zero-order valence-electron chi connectivity index (χ0n) is 18.3. The van der Waals surface area contributed by atoms with Gasteiger partial charge in [-0.1, -0.05) is 17.8 Å². The Labute approximate surface area is 198 Å². The van der Waals surface area contributed by atoms with Crippen LogP contribution in [0, 0.1) is 17.0 Å². The monoisotopic (exact) mass is 479 g/mol. The number of carbonyl (C=O) groups excluding carboxylic acids is 1. The fraction of sp³-hybridized carbons (Fsp3) is 0.174. The van der Waals surface area contributed by atoms with E-state index in [-0.39, 0.29) is 17.3 Å². The highest BCUT2D eigenvalue weighted by Gasteiger charge is 2.22. The Morgan fingerprint density at radius 3 is 2.68 bits per heavy atom. The van der Waals surface area contributed by atoms with Crippen LogP contribution >= 0.6 is 11.8 Å². The lowest BCUT2D eigenvalue weighted by molar-refractivity contribution is -0.384. The number of carbonyl (C=O) groups is 1. The Bertz CT molecular complexity index is 1320. The third-order valence-electron chi connectivity index (χ3n) is 5.08. The predicted molar refractivity (Wildman–Crippen MR) is 127 cm³/mol. The molecule has 0 bridgehead atoms. The number of aryl methyl sites for hydroxylation is 1. The highest BCUT2D eigenvalue weighted by Crippen LogP contribution is 2.30. The average molecular weight is 480 g/mol. The maximum atomic E-state index is 12.9. The molecule has 0 radical (unpaired) electrons. The first-order valence-electron chi connectivity index (χ1n) is 10.3. The summed E-state index contributed by atoms with van der Waals surface area (Å²) in [5.74, 6) is 1.05. The summed E-state index contributed by atoms with van der Waals surface area (Å²) < 4.78 is 7.32. The lowest BCUT2D eigenvalue weighted by atomic mass is 10.2. The predicted octanol–water partition coefficient (Wildman–Crippen LogP) is 4.63. The molecule has 2 aromatic heterocycles. The molecular weight excluding hydrogens is 458 g/mol. The van der Waals surface area contributed by atoms with E-state index in [1.54, 1.807) is 56.5 Å². The first-order valence-corrected chi connectivity index (χ1v) is 11.2. The van der Waals surface area contributed by atoms with Gasteiger partial charge in [-0.2, -0.15) is 0 Å². The lowest BCUT2D eigenvalue weighted by Crippen LogP contribution is -2.23. The van der Waals surface area contributed by atoms with E-state index in [1.807, 2.05) is 10.6 Å². The summed E-state index contributed by atoms with van der Waals surface area (Å²) in [5, 5.41) is 32.0. The smallest absolute Gasteiger partial charge is 0.271 e. The van der Waals surface area contributed by atoms with Crippen molar-refractivity contribution in [2.45, 2.75) is 30.8 Å². The quantitative estimate of drug-likeness (QED) is 0.212. The fourth-order valence-electron chi connectivity index (χ4n) is 3.21. The van der Waals surface area contributed by atoms with E-state index >= 15 is 0 Å². The summed E-state index contributed by atoms with van der Waals surface area (Å²) in [4.78, 5) is 23.5. The van der Waals surface area contributed by atoms with Crippen molar-refractivity contribution in [1.29, 1.82) is 0 Å². The number of hydrogen-bond acceptors (Lipinski definition) is 8. The second-order valence-electron chi connectivity index (χ2n) is 7.52. The summed E-state index contributed by atoms with van der Waals surface area (Å²) >= 11 is 1.21. The normalized spacial score (nSPS) is 11.8. The topological polar surface area (TPSA) is 136 Å². The number of amides is 1. The second-order valence-corrected chi connectivity index (χ2v) is 8.83. The van der Waals surface area contributed by atoms with Gasteiger partial charge in [0.1, 0.15) is 11.5 Å². The van der Waals surface area contributed by atoms with Crippen LogP contribution in [0.5, 0.6) is 5.75 Å². The van der Waals surface area contributed by atoms with Gasteiger partial charge >= 0.3 is 0 Å². The van der Waals surface area contributed by atoms with Gasteiger partial charge in [-0.15, -0.1) is 10.2 Å². The zero-order valence-corrected chi connectivity index (χ0v) is 19.2. The molecule has 0 spiro atoms. The molecule has 1 amide bonds. The second kappa shape index (κ2) is 9.79. The molecule has 1 atom stereocenters. The Morgan fingerprint density at radius 2 is 2.00 bits per heavy atom. The molecular formula is C23H21N5O5S. The summed E-state index contributed by atoms with van der Waals surface area (Å²) in [6.07, 6.45) is 1.57. The summed E-state index contributed by atoms with van der Waals surface area (Å²) in [7, 11) is 0. The van der Waals surface area contributed by atoms with Crippen LogP contribution in [-0.4, -0.2) is 36.0 Å². The number of aromatic nitrogens is 3. The van der Waals surface area contributed by atoms with E-state index in [0.717, 1.165) is 5.56 Å². The maximum absolute atomic E-state index is 12.9. The molecule has 11 heteroatoms. The number of phenolic OH excluding ortho intramolecular Hbond substituents is 1. The van der Waals surface area contributed by atoms with Gasteiger partial charge in [0.25, 0.3) is 5.69 Å². The lowest BCUT2D eigenvalue weighted by Gasteiger charge is -2.14. The number of furan rings is 1. The molecule has 0 aliphatic carbocycles. The van der Waals surface area contributed by atoms with Crippen molar-refractivity contribution in [3.63, 3.8) is 0 Å². The van der Waals surface area contributed by atoms with E-state index in [9.17, 15) is 20.0 Å². The van der Waals surface area contributed by atoms with Crippen molar-refractivity contribution in [3.05, 3.63) is 82.3 Å². The molecule has 0 fully saturated rings. The maximum Gasteiger partial charge on any atom is 0.271 e. The number of benzene rings is 2. The first-order chi connectivity index (χ1) is 16.3. The van der Waals surface area contributed by atoms with E-state index in [2.05, 4.69) is 15.5 Å². The Morgan fingerprint density at radius 1 is 1.24 bits per heavy atom. The Hall–Kier alpha value is -4.12. The minimum absolute atomic E-state index is 0.0991. The van der Waals surface area contributed by atoms with Crippen molar-refractivity contribution in [2.24, 2.45) is 0 Å². The number of rotatable bonds is 8. The highest BCUT2D eigenvalue weighted by atomic mass is 32.2. The summed E-state index contributed by atoms with van der Waals surface area (Å²) in [5.41, 5.74) is 1.74. The van der Waals surface area contributed by atoms with E-state index in [1.165, 1.54) is 23.9 Å². The molecule has 0 aliphatic heterocycles. The van der Waals surface area contributed by atoms with Gasteiger partial charge < -0.3 is 14.8 Å². The molecule has 0 saturated carbocycles. The Balaban J connectivity index is 1.58. The van der Waals surface area contributed by atoms with Gasteiger partial charge in [0.15, 0.2) is 11.0 Å². The van der Waals surface area contributed by atoms with Crippen molar-refractivity contribution < 1.29 is 19.2 Å². The number of phenols is 1. The summed E-state index contributed by atoms with van der Waals surface area (Å²) in [6.45, 7) is 3.83. The molecule has 10 nitrogen and oxygen atoms in total. The molecule has 0 aliphatic rings. The van der Waals surface area contributed by atoms with E-state index in [4.69, 9.17) is 4.42 Å². The highest BCUT2D eigenvalue weighted by molar-refractivity contribution is 8.00. The van der Waals surface area contributed by atoms with Crippen molar-refractivity contribution in [1.82, 2.24) is 14.8 Å². The van der Waals surface area contributed by atoms with Crippen LogP contribution in [0.15, 0.2) is 70.4 Å². The third kappa shape index (κ3) is 5.09. The van der Waals surface area contributed by atoms with E-state index in [0.29, 0.717) is 34.5 Å². The van der Waals surface area contributed by atoms with Gasteiger partial charge in [-0.3, -0.25) is 19.5 Å². The van der Waals surface area contributed by atoms with Gasteiger partial charge in [0.2, 0.25) is 5.91 Å². The Kier molecular flexibility index (Phi) is 6.64. The number of nitro groups is 1. The molecule has 1 unspecified atom stereocenters. The number of aromatic hydroxyl groups is 1. The number of nitro benzene ring substituents is 1. The van der Waals surface area contributed by atoms with Gasteiger partial charge in [-0.25, -0.2) is 0 Å². The molecule has 34 heavy (non-hydrogen) atoms. The number of anilines is 1. The van der Waals surface area contributed by atoms with Crippen molar-refractivity contribution in [2.75, 3.05) is 5.32 Å². The van der Waals surface area contributed by atoms with Crippen LogP contribution in [0.3, 0.4) is 0 Å². The van der Waals surface area contributed by atoms with Gasteiger partial charge in [0, 0.05) is 17.7 Å². The van der Waals surface area contributed by atoms with Gasteiger partial charge in [0.05, 0.1) is 28.7 Å². The zero-order chi connectivity index (χ0) is 24.2. The number of non-ortho nitro benzene ring substituents is 1. The molecule has 2 heterocycles. The van der Waals surface area contributed by atoms with Crippen LogP contribution in [0.4, 0.5) is 11.4 Å². The molecule has 2 aromatic carbocycles. The fourth-order valence-corrected chi connectivity index (χ4v) is 4.05. The number of thioether (sulfide) groups is 1. The van der Waals surface area contributed by atoms with Crippen LogP contribution in [0.25, 0.3) is 11.4 Å². The van der Waals surface area contributed by atoms with Crippen LogP contribution in [0.1, 0.15) is 18.2 Å². The standard InChI is InChI=1S/C23H21N5O5S/c1-14-5-8-17(28(31)32)12-20(14)24-22(30)15(2)34-23-26-25-21(16-6-9-18(29)10-7-16)27(23)13-19-4-3-11-33-19/h3-12,15,29H,13H2,1-2H3,(H,24,30). The third-order valence-corrected chi connectivity index (χ3v) is 6.16. The molecule has 4 rings (SSSR count). The molecule has 2 N–H and O–H groups in total. The SMILES string of the molecule is Cc1ccc([N+](=O)[O-])cc1NC(=O)C(C)Sc1nnc(-c2ccc(O)cc2)n1Cc1ccco1. The number of nitrogens with zero attached hydrogens (tertiary/aromatic N) is 4. The van der Waals surface area contributed by atoms with Crippen LogP contribution < -0.4 is 5.32 Å². The average Bonchev–Trinajstić information content (AvgIpc) is 3.46. The van der Waals surface area contributed by atoms with Crippen LogP contribution in [0.2, 0.25) is 0 Å². The van der Waals surface area contributed by atoms with E-state index < -0.39 is 10.2 Å². The first kappa shape index (κ1) is 23.1. The number of hydrogen-bond donors (Lipinski definition) is 2.